The van der Waals surface area contributed by atoms with Gasteiger partial charge in [0.15, 0.2) is 0 Å². The Labute approximate surface area is 441 Å². The normalized spacial score (nSPS) is 13.8. The lowest BCUT2D eigenvalue weighted by Gasteiger charge is -2.42. The van der Waals surface area contributed by atoms with Crippen molar-refractivity contribution in [2.45, 2.75) is 119 Å². The summed E-state index contributed by atoms with van der Waals surface area (Å²) in [6.07, 6.45) is 0. The summed E-state index contributed by atoms with van der Waals surface area (Å²) in [7, 11) is 0. The number of aromatic nitrogens is 1. The first-order valence-corrected chi connectivity index (χ1v) is 27.4. The third-order valence-electron chi connectivity index (χ3n) is 16.4. The molecule has 0 unspecified atom stereocenters. The zero-order valence-electron chi connectivity index (χ0n) is 45.6. The summed E-state index contributed by atoms with van der Waals surface area (Å²) in [5.74, 6) is 0. The van der Waals surface area contributed by atoms with Gasteiger partial charge in [-0.25, -0.2) is 0 Å². The van der Waals surface area contributed by atoms with Gasteiger partial charge in [0.25, 0.3) is 6.71 Å². The van der Waals surface area contributed by atoms with E-state index in [-0.39, 0.29) is 28.4 Å². The van der Waals surface area contributed by atoms with Gasteiger partial charge in [0.1, 0.15) is 11.2 Å². The van der Waals surface area contributed by atoms with Gasteiger partial charge in [-0.3, -0.25) is 0 Å². The molecule has 0 fully saturated rings. The Morgan fingerprint density at radius 2 is 1.05 bits per heavy atom. The Kier molecular flexibility index (Phi) is 9.95. The van der Waals surface area contributed by atoms with Gasteiger partial charge in [0.2, 0.25) is 0 Å². The average molecular weight is 984 g/mol. The highest BCUT2D eigenvalue weighted by Crippen LogP contribution is 2.51. The first-order chi connectivity index (χ1) is 35.1. The van der Waals surface area contributed by atoms with Crippen LogP contribution in [-0.4, -0.2) is 11.3 Å². The van der Waals surface area contributed by atoms with E-state index in [2.05, 4.69) is 257 Å². The molecular weight excluding hydrogens is 918 g/mol. The molecule has 8 aromatic carbocycles. The number of hydrogen-bond donors (Lipinski definition) is 0. The number of anilines is 6. The summed E-state index contributed by atoms with van der Waals surface area (Å²) in [6.45, 7) is 32.6. The second kappa shape index (κ2) is 15.8. The van der Waals surface area contributed by atoms with Gasteiger partial charge in [-0.1, -0.05) is 162 Å². The molecule has 0 spiro atoms. The standard InChI is InChI=1S/C68H66BN3OS/c1-39-32-41(65(3,4)5)26-30-51(39)70(52-31-27-42(33-40(52)2)66(6,7)8)45-28-29-49-54(38-45)71(53-22-19-24-58-60(53)46-20-15-17-23-57(46)73-58)55-36-44(68(12,13)14)37-56-61(55)69(49)50-35-43(67(9,10)11)34-48-62(50)72(56)63-47-21-16-18-25-59(47)74-64(48)63/h15-38H,1-14H3. The molecule has 0 radical (unpaired) electrons. The highest BCUT2D eigenvalue weighted by Gasteiger charge is 2.45. The number of rotatable bonds is 4. The predicted octanol–water partition coefficient (Wildman–Crippen LogP) is 17.8. The second-order valence-electron chi connectivity index (χ2n) is 25.6. The minimum absolute atomic E-state index is 0.0128. The summed E-state index contributed by atoms with van der Waals surface area (Å²) < 4.78 is 12.1. The maximum Gasteiger partial charge on any atom is 0.252 e. The van der Waals surface area contributed by atoms with Crippen molar-refractivity contribution in [3.8, 4) is 5.69 Å². The molecule has 0 N–H and O–H groups in total. The van der Waals surface area contributed by atoms with E-state index in [9.17, 15) is 0 Å². The van der Waals surface area contributed by atoms with E-state index < -0.39 is 0 Å². The van der Waals surface area contributed by atoms with Crippen molar-refractivity contribution >= 4 is 122 Å². The van der Waals surface area contributed by atoms with Crippen LogP contribution in [0.4, 0.5) is 34.1 Å². The highest BCUT2D eigenvalue weighted by molar-refractivity contribution is 7.26. The molecule has 3 aromatic heterocycles. The van der Waals surface area contributed by atoms with Gasteiger partial charge in [-0.05, 0) is 152 Å². The zero-order valence-corrected chi connectivity index (χ0v) is 46.4. The topological polar surface area (TPSA) is 24.6 Å². The number of hydrogen-bond acceptors (Lipinski definition) is 4. The Bertz CT molecular complexity index is 4110. The SMILES string of the molecule is Cc1cc(C(C)(C)C)ccc1N(c1ccc2c(c1)N(c1cccc3oc4ccccc4c13)c1cc(C(C)(C)C)cc3c1B2c1cc(C(C)(C)C)cc2c4sc5ccccc5c4n-3c12)c1ccc(C(C)(C)C)cc1C. The molecule has 0 saturated heterocycles. The molecule has 74 heavy (non-hydrogen) atoms. The van der Waals surface area contributed by atoms with Gasteiger partial charge in [-0.2, -0.15) is 0 Å². The molecule has 0 amide bonds. The van der Waals surface area contributed by atoms with Gasteiger partial charge < -0.3 is 18.8 Å². The lowest BCUT2D eigenvalue weighted by Crippen LogP contribution is -2.60. The molecular formula is C68H66BN3OS. The van der Waals surface area contributed by atoms with Crippen LogP contribution in [0.1, 0.15) is 116 Å². The number of thiophene rings is 1. The van der Waals surface area contributed by atoms with Crippen LogP contribution in [0.25, 0.3) is 58.8 Å². The molecule has 0 atom stereocenters. The Hall–Kier alpha value is -7.02. The lowest BCUT2D eigenvalue weighted by molar-refractivity contribution is 0.589. The largest absolute Gasteiger partial charge is 0.456 e. The summed E-state index contributed by atoms with van der Waals surface area (Å²) in [4.78, 5) is 5.16. The van der Waals surface area contributed by atoms with Gasteiger partial charge in [0.05, 0.1) is 26.8 Å². The van der Waals surface area contributed by atoms with Gasteiger partial charge in [0, 0.05) is 55.0 Å². The summed E-state index contributed by atoms with van der Waals surface area (Å²) in [5.41, 5.74) is 24.3. The van der Waals surface area contributed by atoms with E-state index in [0.29, 0.717) is 0 Å². The second-order valence-corrected chi connectivity index (χ2v) is 26.7. The first kappa shape index (κ1) is 46.7. The Morgan fingerprint density at radius 3 is 1.70 bits per heavy atom. The summed E-state index contributed by atoms with van der Waals surface area (Å²) in [5, 5.41) is 4.89. The monoisotopic (exact) mass is 984 g/mol. The average Bonchev–Trinajstić information content (AvgIpc) is 4.08. The van der Waals surface area contributed by atoms with E-state index in [1.807, 2.05) is 11.3 Å². The molecule has 13 rings (SSSR count). The molecule has 11 aromatic rings. The van der Waals surface area contributed by atoms with Crippen molar-refractivity contribution in [1.29, 1.82) is 0 Å². The summed E-state index contributed by atoms with van der Waals surface area (Å²) in [6, 6.07) is 56.0. The van der Waals surface area contributed by atoms with Crippen LogP contribution in [0.5, 0.6) is 0 Å². The fraction of sp³-hybridized carbons (Fsp3) is 0.265. The molecule has 368 valence electrons. The fourth-order valence-electron chi connectivity index (χ4n) is 12.3. The number of nitrogens with zero attached hydrogens (tertiary/aromatic N) is 3. The van der Waals surface area contributed by atoms with E-state index in [4.69, 9.17) is 4.42 Å². The van der Waals surface area contributed by atoms with Crippen LogP contribution in [-0.2, 0) is 21.7 Å². The third-order valence-corrected chi connectivity index (χ3v) is 17.6. The van der Waals surface area contributed by atoms with Gasteiger partial charge >= 0.3 is 0 Å². The minimum Gasteiger partial charge on any atom is -0.456 e. The van der Waals surface area contributed by atoms with Crippen molar-refractivity contribution < 1.29 is 4.42 Å². The maximum atomic E-state index is 6.75. The fourth-order valence-corrected chi connectivity index (χ4v) is 13.5. The molecule has 6 heteroatoms. The molecule has 0 aliphatic carbocycles. The smallest absolute Gasteiger partial charge is 0.252 e. The zero-order chi connectivity index (χ0) is 51.7. The van der Waals surface area contributed by atoms with E-state index in [1.54, 1.807) is 0 Å². The Balaban J connectivity index is 1.18. The van der Waals surface area contributed by atoms with Crippen molar-refractivity contribution in [2.24, 2.45) is 0 Å². The van der Waals surface area contributed by atoms with E-state index in [1.165, 1.54) is 109 Å². The predicted molar refractivity (Wildman–Crippen MR) is 322 cm³/mol. The minimum atomic E-state index is -0.161. The number of fused-ring (bicyclic) bond motifs is 12. The molecule has 5 heterocycles. The lowest BCUT2D eigenvalue weighted by atomic mass is 9.33. The van der Waals surface area contributed by atoms with Crippen molar-refractivity contribution in [1.82, 2.24) is 4.57 Å². The van der Waals surface area contributed by atoms with E-state index in [0.717, 1.165) is 33.3 Å². The molecule has 2 aliphatic rings. The van der Waals surface area contributed by atoms with Crippen LogP contribution >= 0.6 is 11.3 Å². The van der Waals surface area contributed by atoms with Crippen molar-refractivity contribution in [2.75, 3.05) is 9.80 Å². The molecule has 0 saturated carbocycles. The van der Waals surface area contributed by atoms with Crippen molar-refractivity contribution in [3.05, 3.63) is 179 Å². The molecule has 0 bridgehead atoms. The number of furan rings is 1. The Morgan fingerprint density at radius 1 is 0.459 bits per heavy atom. The van der Waals surface area contributed by atoms with Crippen LogP contribution in [0.3, 0.4) is 0 Å². The van der Waals surface area contributed by atoms with E-state index >= 15 is 0 Å². The number of benzene rings is 8. The molecule has 2 aliphatic heterocycles. The van der Waals surface area contributed by atoms with Crippen molar-refractivity contribution in [3.63, 3.8) is 0 Å². The maximum absolute atomic E-state index is 6.75. The summed E-state index contributed by atoms with van der Waals surface area (Å²) >= 11 is 1.94. The van der Waals surface area contributed by atoms with Crippen LogP contribution in [0.15, 0.2) is 150 Å². The quantitative estimate of drug-likeness (QED) is 0.164. The number of para-hydroxylation sites is 1. The van der Waals surface area contributed by atoms with Crippen LogP contribution in [0.2, 0.25) is 0 Å². The molecule has 4 nitrogen and oxygen atoms in total. The first-order valence-electron chi connectivity index (χ1n) is 26.6. The third kappa shape index (κ3) is 6.93. The van der Waals surface area contributed by atoms with Crippen LogP contribution in [0, 0.1) is 13.8 Å². The van der Waals surface area contributed by atoms with Gasteiger partial charge in [-0.15, -0.1) is 11.3 Å². The number of aryl methyl sites for hydroxylation is 2. The van der Waals surface area contributed by atoms with Crippen LogP contribution < -0.4 is 26.2 Å². The highest BCUT2D eigenvalue weighted by atomic mass is 32.1.